The molecule has 7 nitrogen and oxygen atoms in total. The molecule has 0 unspecified atom stereocenters. The van der Waals surface area contributed by atoms with Gasteiger partial charge in [-0.05, 0) is 24.3 Å². The van der Waals surface area contributed by atoms with Crippen LogP contribution in [0.2, 0.25) is 5.02 Å². The zero-order chi connectivity index (χ0) is 15.5. The Morgan fingerprint density at radius 2 is 1.91 bits per heavy atom. The number of aromatic amines is 1. The standard InChI is InChI=1S/C14H10ClN5O2/c15-9-1-2-10-8(5-9)6-11(18-10)13(21)19-20-14(22)12-7-16-3-4-17-12/h1-7,18H,(H,19,21)(H,20,22). The number of hydrogen-bond donors (Lipinski definition) is 3. The third-order valence-electron chi connectivity index (χ3n) is 2.91. The molecule has 2 aromatic heterocycles. The molecule has 0 saturated heterocycles. The number of hydrazine groups is 1. The van der Waals surface area contributed by atoms with Gasteiger partial charge in [0, 0.05) is 28.3 Å². The number of carbonyl (C=O) groups is 2. The maximum Gasteiger partial charge on any atom is 0.289 e. The van der Waals surface area contributed by atoms with E-state index >= 15 is 0 Å². The number of amides is 2. The van der Waals surface area contributed by atoms with Crippen LogP contribution in [0.25, 0.3) is 10.9 Å². The summed E-state index contributed by atoms with van der Waals surface area (Å²) >= 11 is 5.89. The molecule has 110 valence electrons. The summed E-state index contributed by atoms with van der Waals surface area (Å²) in [4.78, 5) is 34.3. The molecule has 3 aromatic rings. The van der Waals surface area contributed by atoms with Crippen molar-refractivity contribution in [1.82, 2.24) is 25.8 Å². The van der Waals surface area contributed by atoms with Gasteiger partial charge in [0.15, 0.2) is 0 Å². The molecule has 0 aliphatic carbocycles. The van der Waals surface area contributed by atoms with Crippen LogP contribution in [0, 0.1) is 0 Å². The molecule has 3 N–H and O–H groups in total. The molecule has 0 spiro atoms. The van der Waals surface area contributed by atoms with Crippen LogP contribution >= 0.6 is 11.6 Å². The molecule has 2 heterocycles. The summed E-state index contributed by atoms with van der Waals surface area (Å²) in [5, 5.41) is 1.38. The van der Waals surface area contributed by atoms with Crippen molar-refractivity contribution in [2.24, 2.45) is 0 Å². The van der Waals surface area contributed by atoms with E-state index in [0.717, 1.165) is 10.9 Å². The SMILES string of the molecule is O=C(NNC(=O)c1cc2cc(Cl)ccc2[nH]1)c1cnccn1. The molecule has 0 aliphatic rings. The third-order valence-corrected chi connectivity index (χ3v) is 3.15. The molecule has 0 saturated carbocycles. The van der Waals surface area contributed by atoms with Gasteiger partial charge >= 0.3 is 0 Å². The smallest absolute Gasteiger partial charge is 0.289 e. The van der Waals surface area contributed by atoms with E-state index in [0.29, 0.717) is 10.7 Å². The molecule has 22 heavy (non-hydrogen) atoms. The van der Waals surface area contributed by atoms with Crippen LogP contribution in [0.1, 0.15) is 21.0 Å². The topological polar surface area (TPSA) is 99.8 Å². The van der Waals surface area contributed by atoms with Gasteiger partial charge < -0.3 is 4.98 Å². The third kappa shape index (κ3) is 2.89. The summed E-state index contributed by atoms with van der Waals surface area (Å²) in [5.41, 5.74) is 5.75. The zero-order valence-corrected chi connectivity index (χ0v) is 11.9. The molecule has 1 aromatic carbocycles. The normalized spacial score (nSPS) is 10.4. The lowest BCUT2D eigenvalue weighted by atomic mass is 10.2. The summed E-state index contributed by atoms with van der Waals surface area (Å²) in [7, 11) is 0. The highest BCUT2D eigenvalue weighted by Gasteiger charge is 2.12. The van der Waals surface area contributed by atoms with E-state index in [1.165, 1.54) is 18.6 Å². The van der Waals surface area contributed by atoms with Gasteiger partial charge in [-0.15, -0.1) is 0 Å². The second-order valence-corrected chi connectivity index (χ2v) is 4.85. The molecule has 8 heteroatoms. The molecular weight excluding hydrogens is 306 g/mol. The fourth-order valence-electron chi connectivity index (χ4n) is 1.89. The number of fused-ring (bicyclic) bond motifs is 1. The summed E-state index contributed by atoms with van der Waals surface area (Å²) in [5.74, 6) is -1.04. The fourth-order valence-corrected chi connectivity index (χ4v) is 2.07. The molecular formula is C14H10ClN5O2. The Balaban J connectivity index is 1.69. The van der Waals surface area contributed by atoms with Crippen LogP contribution in [0.5, 0.6) is 0 Å². The van der Waals surface area contributed by atoms with E-state index in [1.807, 2.05) is 0 Å². The first-order chi connectivity index (χ1) is 10.6. The summed E-state index contributed by atoms with van der Waals surface area (Å²) in [6.45, 7) is 0. The van der Waals surface area contributed by atoms with Gasteiger partial charge in [0.05, 0.1) is 6.20 Å². The van der Waals surface area contributed by atoms with Crippen LogP contribution < -0.4 is 10.9 Å². The lowest BCUT2D eigenvalue weighted by Gasteiger charge is -2.05. The summed E-state index contributed by atoms with van der Waals surface area (Å²) in [6, 6.07) is 6.87. The second kappa shape index (κ2) is 5.82. The van der Waals surface area contributed by atoms with Crippen molar-refractivity contribution in [1.29, 1.82) is 0 Å². The number of rotatable bonds is 2. The lowest BCUT2D eigenvalue weighted by molar-refractivity contribution is 0.0841. The number of carbonyl (C=O) groups excluding carboxylic acids is 2. The Morgan fingerprint density at radius 1 is 1.09 bits per heavy atom. The molecule has 0 bridgehead atoms. The molecule has 0 atom stereocenters. The van der Waals surface area contributed by atoms with Crippen molar-refractivity contribution < 1.29 is 9.59 Å². The van der Waals surface area contributed by atoms with Gasteiger partial charge in [-0.2, -0.15) is 0 Å². The number of nitrogens with zero attached hydrogens (tertiary/aromatic N) is 2. The molecule has 0 fully saturated rings. The Bertz CT molecular complexity index is 847. The van der Waals surface area contributed by atoms with E-state index in [2.05, 4.69) is 25.8 Å². The van der Waals surface area contributed by atoms with Gasteiger partial charge in [0.25, 0.3) is 11.8 Å². The van der Waals surface area contributed by atoms with Crippen molar-refractivity contribution in [3.8, 4) is 0 Å². The van der Waals surface area contributed by atoms with E-state index in [4.69, 9.17) is 11.6 Å². The van der Waals surface area contributed by atoms with Crippen LogP contribution in [0.4, 0.5) is 0 Å². The molecule has 2 amide bonds. The van der Waals surface area contributed by atoms with Gasteiger partial charge in [-0.25, -0.2) is 4.98 Å². The van der Waals surface area contributed by atoms with Crippen molar-refractivity contribution in [2.75, 3.05) is 0 Å². The van der Waals surface area contributed by atoms with Gasteiger partial charge in [-0.3, -0.25) is 25.4 Å². The zero-order valence-electron chi connectivity index (χ0n) is 11.1. The minimum Gasteiger partial charge on any atom is -0.350 e. The highest BCUT2D eigenvalue weighted by atomic mass is 35.5. The first-order valence-corrected chi connectivity index (χ1v) is 6.66. The lowest BCUT2D eigenvalue weighted by Crippen LogP contribution is -2.42. The number of nitrogens with one attached hydrogen (secondary N) is 3. The largest absolute Gasteiger partial charge is 0.350 e. The quantitative estimate of drug-likeness (QED) is 0.626. The van der Waals surface area contributed by atoms with Gasteiger partial charge in [0.2, 0.25) is 0 Å². The Kier molecular flexibility index (Phi) is 3.71. The van der Waals surface area contributed by atoms with Crippen molar-refractivity contribution >= 4 is 34.3 Å². The molecule has 3 rings (SSSR count). The summed E-state index contributed by atoms with van der Waals surface area (Å²) in [6.07, 6.45) is 4.13. The van der Waals surface area contributed by atoms with E-state index in [1.54, 1.807) is 24.3 Å². The minimum absolute atomic E-state index is 0.103. The maximum atomic E-state index is 12.0. The summed E-state index contributed by atoms with van der Waals surface area (Å²) < 4.78 is 0. The van der Waals surface area contributed by atoms with Crippen molar-refractivity contribution in [2.45, 2.75) is 0 Å². The highest BCUT2D eigenvalue weighted by molar-refractivity contribution is 6.31. The second-order valence-electron chi connectivity index (χ2n) is 4.41. The average molecular weight is 316 g/mol. The molecule has 0 aliphatic heterocycles. The average Bonchev–Trinajstić information content (AvgIpc) is 2.96. The first kappa shape index (κ1) is 14.0. The number of benzene rings is 1. The Morgan fingerprint density at radius 3 is 2.68 bits per heavy atom. The van der Waals surface area contributed by atoms with Crippen LogP contribution in [0.3, 0.4) is 0 Å². The Labute approximate surface area is 129 Å². The minimum atomic E-state index is -0.555. The van der Waals surface area contributed by atoms with Gasteiger partial charge in [-0.1, -0.05) is 11.6 Å². The van der Waals surface area contributed by atoms with Crippen molar-refractivity contribution in [3.05, 3.63) is 59.3 Å². The number of H-pyrrole nitrogens is 1. The van der Waals surface area contributed by atoms with E-state index < -0.39 is 11.8 Å². The van der Waals surface area contributed by atoms with Crippen LogP contribution in [-0.2, 0) is 0 Å². The van der Waals surface area contributed by atoms with Crippen LogP contribution in [0.15, 0.2) is 42.9 Å². The van der Waals surface area contributed by atoms with E-state index in [9.17, 15) is 9.59 Å². The Hall–Kier alpha value is -2.93. The number of hydrogen-bond acceptors (Lipinski definition) is 4. The van der Waals surface area contributed by atoms with Crippen LogP contribution in [-0.4, -0.2) is 26.8 Å². The number of halogens is 1. The predicted molar refractivity (Wildman–Crippen MR) is 80.3 cm³/mol. The van der Waals surface area contributed by atoms with Crippen molar-refractivity contribution in [3.63, 3.8) is 0 Å². The fraction of sp³-hybridized carbons (Fsp3) is 0. The highest BCUT2D eigenvalue weighted by Crippen LogP contribution is 2.19. The number of aromatic nitrogens is 3. The molecule has 0 radical (unpaired) electrons. The van der Waals surface area contributed by atoms with Gasteiger partial charge in [0.1, 0.15) is 11.4 Å². The monoisotopic (exact) mass is 315 g/mol. The van der Waals surface area contributed by atoms with E-state index in [-0.39, 0.29) is 5.69 Å². The maximum absolute atomic E-state index is 12.0. The first-order valence-electron chi connectivity index (χ1n) is 6.28. The predicted octanol–water partition coefficient (Wildman–Crippen LogP) is 1.69.